The summed E-state index contributed by atoms with van der Waals surface area (Å²) in [4.78, 5) is 38.7. The predicted molar refractivity (Wildman–Crippen MR) is 269 cm³/mol. The van der Waals surface area contributed by atoms with Gasteiger partial charge in [0.15, 0.2) is 23.0 Å². The number of pyridine rings is 2. The van der Waals surface area contributed by atoms with Crippen LogP contribution in [0.2, 0.25) is 25.1 Å². The molecule has 8 aromatic rings. The van der Waals surface area contributed by atoms with Crippen LogP contribution in [0.5, 0.6) is 46.0 Å². The standard InChI is InChI=1S/C49H34Cl5F3N6O8/c1-66-43-21-29-35(23-45(43)68-3)58-15-13-41(29)70-27-7-11-39(33(53)19-27)62(47(64)60-37-17-25(49(55,56)57)5-9-31(37)51)63(48(65)61-38-18-26(50)6-10-32(38)52)40-12-8-28(20-34(40)54)71-42-14-16-59-36-24-46(69-4)44(67-2)22-30(36)42/h5-24H,1-4H3,(H,60,64)(H,61,65). The van der Waals surface area contributed by atoms with Crippen LogP contribution in [-0.4, -0.2) is 50.5 Å². The molecule has 2 N–H and O–H groups in total. The van der Waals surface area contributed by atoms with Crippen LogP contribution >= 0.6 is 58.0 Å². The lowest BCUT2D eigenvalue weighted by atomic mass is 10.1. The van der Waals surface area contributed by atoms with Gasteiger partial charge in [0.25, 0.3) is 0 Å². The second-order valence-corrected chi connectivity index (χ2v) is 16.9. The second kappa shape index (κ2) is 21.0. The Morgan fingerprint density at radius 1 is 0.493 bits per heavy atom. The van der Waals surface area contributed by atoms with Crippen molar-refractivity contribution in [3.8, 4) is 46.0 Å². The van der Waals surface area contributed by atoms with Gasteiger partial charge in [-0.2, -0.15) is 23.2 Å². The number of nitrogens with one attached hydrogen (secondary N) is 2. The number of hydrogen-bond acceptors (Lipinski definition) is 10. The molecule has 364 valence electrons. The molecule has 22 heteroatoms. The van der Waals surface area contributed by atoms with Gasteiger partial charge < -0.3 is 39.1 Å². The smallest absolute Gasteiger partial charge is 0.416 e. The van der Waals surface area contributed by atoms with Gasteiger partial charge in [0.05, 0.1) is 87.9 Å². The van der Waals surface area contributed by atoms with E-state index in [-0.39, 0.29) is 53.7 Å². The number of amides is 4. The van der Waals surface area contributed by atoms with Crippen molar-refractivity contribution in [1.29, 1.82) is 0 Å². The zero-order valence-corrected chi connectivity index (χ0v) is 40.9. The molecule has 0 fully saturated rings. The van der Waals surface area contributed by atoms with Crippen molar-refractivity contribution in [2.75, 3.05) is 49.1 Å². The molecule has 0 unspecified atom stereocenters. The molecule has 2 heterocycles. The molecule has 0 aliphatic rings. The number of urea groups is 2. The third-order valence-corrected chi connectivity index (χ3v) is 12.0. The summed E-state index contributed by atoms with van der Waals surface area (Å²) in [5.41, 5.74) is -1.00. The van der Waals surface area contributed by atoms with Gasteiger partial charge in [-0.3, -0.25) is 9.97 Å². The molecule has 6 aromatic carbocycles. The molecule has 0 aliphatic carbocycles. The number of carbonyl (C=O) groups excluding carboxylic acids is 2. The van der Waals surface area contributed by atoms with Gasteiger partial charge in [0.2, 0.25) is 0 Å². The van der Waals surface area contributed by atoms with E-state index in [0.717, 1.165) is 22.2 Å². The fourth-order valence-corrected chi connectivity index (χ4v) is 8.12. The van der Waals surface area contributed by atoms with Crippen LogP contribution in [0.1, 0.15) is 5.56 Å². The summed E-state index contributed by atoms with van der Waals surface area (Å²) in [6, 6.07) is 22.4. The molecule has 2 aromatic heterocycles. The lowest BCUT2D eigenvalue weighted by Crippen LogP contribution is -2.54. The van der Waals surface area contributed by atoms with Crippen molar-refractivity contribution >= 4 is 115 Å². The number of anilines is 4. The minimum absolute atomic E-state index is 0.00294. The topological polar surface area (TPSA) is 146 Å². The van der Waals surface area contributed by atoms with Crippen LogP contribution in [0.3, 0.4) is 0 Å². The van der Waals surface area contributed by atoms with E-state index in [2.05, 4.69) is 20.6 Å². The van der Waals surface area contributed by atoms with Crippen molar-refractivity contribution in [3.05, 3.63) is 152 Å². The Hall–Kier alpha value is -7.28. The molecule has 0 atom stereocenters. The fourth-order valence-electron chi connectivity index (χ4n) is 7.12. The minimum Gasteiger partial charge on any atom is -0.493 e. The van der Waals surface area contributed by atoms with Gasteiger partial charge in [-0.25, -0.2) is 9.59 Å². The Morgan fingerprint density at radius 2 is 0.915 bits per heavy atom. The monoisotopic (exact) mass is 1070 g/mol. The summed E-state index contributed by atoms with van der Waals surface area (Å²) in [6.07, 6.45) is -1.80. The summed E-state index contributed by atoms with van der Waals surface area (Å²) in [7, 11) is 5.94. The van der Waals surface area contributed by atoms with Gasteiger partial charge in [-0.15, -0.1) is 0 Å². The quantitative estimate of drug-likeness (QED) is 0.113. The largest absolute Gasteiger partial charge is 0.493 e. The summed E-state index contributed by atoms with van der Waals surface area (Å²) in [5, 5.41) is 7.18. The molecule has 8 rings (SSSR count). The number of benzene rings is 6. The first-order chi connectivity index (χ1) is 34.0. The number of halogens is 8. The van der Waals surface area contributed by atoms with E-state index in [0.29, 0.717) is 62.4 Å². The van der Waals surface area contributed by atoms with Crippen molar-refractivity contribution < 1.29 is 51.2 Å². The summed E-state index contributed by atoms with van der Waals surface area (Å²) >= 11 is 33.3. The Bertz CT molecular complexity index is 3370. The van der Waals surface area contributed by atoms with E-state index >= 15 is 0 Å². The number of nitrogens with zero attached hydrogens (tertiary/aromatic N) is 4. The number of hydrogen-bond donors (Lipinski definition) is 2. The summed E-state index contributed by atoms with van der Waals surface area (Å²) < 4.78 is 76.5. The summed E-state index contributed by atoms with van der Waals surface area (Å²) in [5.74, 6) is 2.62. The third-order valence-electron chi connectivity index (χ3n) is 10.5. The maximum atomic E-state index is 14.9. The Balaban J connectivity index is 1.26. The molecule has 0 saturated heterocycles. The Kier molecular flexibility index (Phi) is 14.8. The lowest BCUT2D eigenvalue weighted by Gasteiger charge is -2.36. The molecule has 0 aliphatic heterocycles. The fraction of sp³-hybridized carbons (Fsp3) is 0.102. The molecular formula is C49H34Cl5F3N6O8. The molecular weight excluding hydrogens is 1030 g/mol. The molecule has 0 saturated carbocycles. The average molecular weight is 1070 g/mol. The van der Waals surface area contributed by atoms with Gasteiger partial charge in [-0.1, -0.05) is 58.0 Å². The maximum Gasteiger partial charge on any atom is 0.416 e. The Morgan fingerprint density at radius 3 is 1.34 bits per heavy atom. The molecule has 0 spiro atoms. The zero-order valence-electron chi connectivity index (χ0n) is 37.1. The highest BCUT2D eigenvalue weighted by Crippen LogP contribution is 2.43. The van der Waals surface area contributed by atoms with E-state index in [1.54, 1.807) is 36.4 Å². The van der Waals surface area contributed by atoms with Crippen molar-refractivity contribution in [2.24, 2.45) is 0 Å². The second-order valence-electron chi connectivity index (χ2n) is 14.8. The highest BCUT2D eigenvalue weighted by molar-refractivity contribution is 6.38. The number of hydrazine groups is 1. The number of carbonyl (C=O) groups is 2. The highest BCUT2D eigenvalue weighted by atomic mass is 35.5. The first-order valence-corrected chi connectivity index (χ1v) is 22.4. The van der Waals surface area contributed by atoms with E-state index in [1.165, 1.54) is 95.4 Å². The van der Waals surface area contributed by atoms with Crippen LogP contribution < -0.4 is 49.1 Å². The summed E-state index contributed by atoms with van der Waals surface area (Å²) in [6.45, 7) is 0. The molecule has 0 radical (unpaired) electrons. The maximum absolute atomic E-state index is 14.9. The van der Waals surface area contributed by atoms with Crippen LogP contribution in [0.15, 0.2) is 122 Å². The number of methoxy groups -OCH3 is 4. The van der Waals surface area contributed by atoms with Crippen LogP contribution in [0.25, 0.3) is 21.8 Å². The van der Waals surface area contributed by atoms with E-state index < -0.39 is 29.5 Å². The molecule has 0 bridgehead atoms. The van der Waals surface area contributed by atoms with Gasteiger partial charge in [-0.05, 0) is 84.9 Å². The van der Waals surface area contributed by atoms with E-state index in [4.69, 9.17) is 86.4 Å². The van der Waals surface area contributed by atoms with Crippen LogP contribution in [0.4, 0.5) is 45.5 Å². The highest BCUT2D eigenvalue weighted by Gasteiger charge is 2.35. The van der Waals surface area contributed by atoms with Gasteiger partial charge >= 0.3 is 18.2 Å². The number of fused-ring (bicyclic) bond motifs is 2. The van der Waals surface area contributed by atoms with Crippen molar-refractivity contribution in [2.45, 2.75) is 6.18 Å². The number of alkyl halides is 3. The third kappa shape index (κ3) is 10.7. The van der Waals surface area contributed by atoms with E-state index in [1.807, 2.05) is 0 Å². The first kappa shape index (κ1) is 50.1. The number of rotatable bonds is 12. The molecule has 4 amide bonds. The average Bonchev–Trinajstić information content (AvgIpc) is 3.34. The lowest BCUT2D eigenvalue weighted by molar-refractivity contribution is -0.137. The molecule has 71 heavy (non-hydrogen) atoms. The predicted octanol–water partition coefficient (Wildman–Crippen LogP) is 15.4. The van der Waals surface area contributed by atoms with Crippen LogP contribution in [-0.2, 0) is 6.18 Å². The van der Waals surface area contributed by atoms with Gasteiger partial charge in [0, 0.05) is 52.5 Å². The Labute approximate surface area is 427 Å². The van der Waals surface area contributed by atoms with E-state index in [9.17, 15) is 22.8 Å². The van der Waals surface area contributed by atoms with Crippen molar-refractivity contribution in [1.82, 2.24) is 9.97 Å². The normalized spacial score (nSPS) is 11.2. The van der Waals surface area contributed by atoms with Crippen molar-refractivity contribution in [3.63, 3.8) is 0 Å². The zero-order chi connectivity index (χ0) is 50.7. The van der Waals surface area contributed by atoms with Gasteiger partial charge in [0.1, 0.15) is 23.0 Å². The number of ether oxygens (including phenoxy) is 6. The SMILES string of the molecule is COc1cc2nccc(Oc3ccc(N(C(=O)Nc4cc(Cl)ccc4Cl)N(C(=O)Nc4cc(C(F)(F)F)ccc4Cl)c4ccc(Oc5ccnc6cc(OC)c(OC)cc56)cc4Cl)c(Cl)c3)c2cc1OC. The first-order valence-electron chi connectivity index (χ1n) is 20.5. The minimum atomic E-state index is -4.83. The van der Waals surface area contributed by atoms with Crippen LogP contribution in [0, 0.1) is 0 Å². The number of aromatic nitrogens is 2. The molecule has 14 nitrogen and oxygen atoms in total.